The Labute approximate surface area is 117 Å². The third-order valence-corrected chi connectivity index (χ3v) is 3.65. The maximum absolute atomic E-state index is 4.00. The van der Waals surface area contributed by atoms with Gasteiger partial charge in [0.1, 0.15) is 0 Å². The number of nitrogens with two attached hydrogens (primary N) is 2. The van der Waals surface area contributed by atoms with Crippen LogP contribution in [0.1, 0.15) is 0 Å². The molecule has 4 aromatic rings. The van der Waals surface area contributed by atoms with E-state index in [0.29, 0.717) is 0 Å². The van der Waals surface area contributed by atoms with Gasteiger partial charge in [0, 0.05) is 0 Å². The molecule has 0 aromatic heterocycles. The van der Waals surface area contributed by atoms with Gasteiger partial charge >= 0.3 is 0 Å². The summed E-state index contributed by atoms with van der Waals surface area (Å²) in [6.07, 6.45) is 0. The fourth-order valence-electron chi connectivity index (χ4n) is 2.86. The van der Waals surface area contributed by atoms with Gasteiger partial charge in [-0.25, -0.2) is 0 Å². The van der Waals surface area contributed by atoms with Gasteiger partial charge in [0.25, 0.3) is 0 Å². The number of benzene rings is 4. The van der Waals surface area contributed by atoms with E-state index in [-0.39, 0.29) is 0 Å². The number of hydrogen-bond donors (Lipinski definition) is 2. The first-order chi connectivity index (χ1) is 9.95. The summed E-state index contributed by atoms with van der Waals surface area (Å²) in [6.45, 7) is 0. The molecule has 0 saturated carbocycles. The molecule has 98 valence electrons. The topological polar surface area (TPSA) is 52.0 Å². The second-order valence-electron chi connectivity index (χ2n) is 4.64. The van der Waals surface area contributed by atoms with E-state index in [0.717, 1.165) is 0 Å². The highest BCUT2D eigenvalue weighted by molar-refractivity contribution is 6.25. The summed E-state index contributed by atoms with van der Waals surface area (Å²) >= 11 is 0. The first-order valence-electron chi connectivity index (χ1n) is 6.57. The molecule has 20 heavy (non-hydrogen) atoms. The molecule has 0 spiro atoms. The van der Waals surface area contributed by atoms with Crippen molar-refractivity contribution < 1.29 is 0 Å². The molecule has 4 N–H and O–H groups in total. The van der Waals surface area contributed by atoms with Gasteiger partial charge < -0.3 is 0 Å². The maximum Gasteiger partial charge on any atom is -0.00990 e. The van der Waals surface area contributed by atoms with Crippen LogP contribution < -0.4 is 11.7 Å². The van der Waals surface area contributed by atoms with E-state index in [4.69, 9.17) is 0 Å². The Hall–Kier alpha value is -2.42. The fraction of sp³-hybridized carbons (Fsp3) is 0. The van der Waals surface area contributed by atoms with E-state index in [1.807, 2.05) is 0 Å². The second kappa shape index (κ2) is 5.29. The largest absolute Gasteiger partial charge is 0.274 e. The number of rotatable bonds is 0. The number of fused-ring (bicyclic) bond motifs is 6. The first-order valence-corrected chi connectivity index (χ1v) is 6.57. The van der Waals surface area contributed by atoms with Crippen molar-refractivity contribution in [1.82, 2.24) is 0 Å². The summed E-state index contributed by atoms with van der Waals surface area (Å²) in [6, 6.07) is 26.0. The van der Waals surface area contributed by atoms with Gasteiger partial charge in [-0.1, -0.05) is 72.8 Å². The minimum atomic E-state index is 1.34. The average molecular weight is 260 g/mol. The van der Waals surface area contributed by atoms with E-state index in [2.05, 4.69) is 84.5 Å². The van der Waals surface area contributed by atoms with Crippen molar-refractivity contribution in [2.75, 3.05) is 0 Å². The summed E-state index contributed by atoms with van der Waals surface area (Å²) in [4.78, 5) is 0. The molecular weight excluding hydrogens is 244 g/mol. The van der Waals surface area contributed by atoms with Crippen molar-refractivity contribution in [3.63, 3.8) is 0 Å². The molecule has 0 aliphatic carbocycles. The molecule has 0 heterocycles. The summed E-state index contributed by atoms with van der Waals surface area (Å²) in [5, 5.41) is 8.04. The molecule has 0 bridgehead atoms. The SMILES string of the molecule is NN.c1ccc2c(c1)c1ccccc1c1ccccc21. The first kappa shape index (κ1) is 12.6. The summed E-state index contributed by atoms with van der Waals surface area (Å²) < 4.78 is 0. The van der Waals surface area contributed by atoms with E-state index >= 15 is 0 Å². The lowest BCUT2D eigenvalue weighted by atomic mass is 9.95. The van der Waals surface area contributed by atoms with Gasteiger partial charge in [-0.3, -0.25) is 11.7 Å². The van der Waals surface area contributed by atoms with E-state index in [1.165, 1.54) is 32.3 Å². The van der Waals surface area contributed by atoms with Crippen LogP contribution in [0.4, 0.5) is 0 Å². The van der Waals surface area contributed by atoms with Gasteiger partial charge in [0.05, 0.1) is 0 Å². The van der Waals surface area contributed by atoms with Crippen molar-refractivity contribution in [1.29, 1.82) is 0 Å². The summed E-state index contributed by atoms with van der Waals surface area (Å²) in [7, 11) is 0. The molecule has 4 rings (SSSR count). The van der Waals surface area contributed by atoms with E-state index in [1.54, 1.807) is 0 Å². The molecule has 0 atom stereocenters. The lowest BCUT2D eigenvalue weighted by molar-refractivity contribution is 1.26. The molecule has 2 heteroatoms. The Bertz CT molecular complexity index is 661. The third-order valence-electron chi connectivity index (χ3n) is 3.65. The van der Waals surface area contributed by atoms with Crippen LogP contribution in [0.5, 0.6) is 0 Å². The molecule has 0 unspecified atom stereocenters. The van der Waals surface area contributed by atoms with Crippen LogP contribution in [-0.4, -0.2) is 0 Å². The second-order valence-corrected chi connectivity index (χ2v) is 4.64. The van der Waals surface area contributed by atoms with Crippen LogP contribution in [0.2, 0.25) is 0 Å². The smallest absolute Gasteiger partial charge is 0.00990 e. The van der Waals surface area contributed by atoms with Crippen molar-refractivity contribution in [3.8, 4) is 0 Å². The van der Waals surface area contributed by atoms with Crippen molar-refractivity contribution in [2.45, 2.75) is 0 Å². The van der Waals surface area contributed by atoms with Crippen LogP contribution in [0, 0.1) is 0 Å². The van der Waals surface area contributed by atoms with Crippen LogP contribution in [-0.2, 0) is 0 Å². The highest BCUT2D eigenvalue weighted by Crippen LogP contribution is 2.34. The predicted molar refractivity (Wildman–Crippen MR) is 87.3 cm³/mol. The molecule has 4 aromatic carbocycles. The summed E-state index contributed by atoms with van der Waals surface area (Å²) in [5.74, 6) is 8.00. The van der Waals surface area contributed by atoms with Gasteiger partial charge in [0.2, 0.25) is 0 Å². The molecule has 0 aliphatic heterocycles. The minimum Gasteiger partial charge on any atom is -0.274 e. The van der Waals surface area contributed by atoms with Crippen LogP contribution in [0.25, 0.3) is 32.3 Å². The molecular formula is C18H16N2. The van der Waals surface area contributed by atoms with Gasteiger partial charge in [-0.05, 0) is 32.3 Å². The van der Waals surface area contributed by atoms with Crippen molar-refractivity contribution in [3.05, 3.63) is 72.8 Å². The van der Waals surface area contributed by atoms with Crippen LogP contribution in [0.3, 0.4) is 0 Å². The Morgan fingerprint density at radius 3 is 0.650 bits per heavy atom. The normalized spacial score (nSPS) is 10.5. The highest BCUT2D eigenvalue weighted by Gasteiger charge is 2.06. The zero-order valence-corrected chi connectivity index (χ0v) is 11.1. The zero-order valence-electron chi connectivity index (χ0n) is 11.1. The Kier molecular flexibility index (Phi) is 3.33. The van der Waals surface area contributed by atoms with E-state index < -0.39 is 0 Å². The quantitative estimate of drug-likeness (QED) is 0.285. The number of hydrogen-bond acceptors (Lipinski definition) is 2. The fourth-order valence-corrected chi connectivity index (χ4v) is 2.86. The van der Waals surface area contributed by atoms with Gasteiger partial charge in [-0.2, -0.15) is 0 Å². The molecule has 2 nitrogen and oxygen atoms in total. The van der Waals surface area contributed by atoms with Crippen molar-refractivity contribution in [2.24, 2.45) is 11.7 Å². The Morgan fingerprint density at radius 1 is 0.350 bits per heavy atom. The standard InChI is InChI=1S/C18H12.H4N2/c1-2-8-14-13(7-1)15-9-3-4-11-17(15)18-12-6-5-10-16(14)18;1-2/h1-12H;1-2H2. The minimum absolute atomic E-state index is 1.34. The predicted octanol–water partition coefficient (Wildman–Crippen LogP) is 3.97. The Balaban J connectivity index is 0.000000581. The van der Waals surface area contributed by atoms with Crippen LogP contribution in [0.15, 0.2) is 72.8 Å². The van der Waals surface area contributed by atoms with Gasteiger partial charge in [0.15, 0.2) is 0 Å². The maximum atomic E-state index is 4.00. The lowest BCUT2D eigenvalue weighted by Crippen LogP contribution is -2.02. The molecule has 0 amide bonds. The number of hydrazine groups is 1. The van der Waals surface area contributed by atoms with E-state index in [9.17, 15) is 0 Å². The monoisotopic (exact) mass is 260 g/mol. The molecule has 0 radical (unpaired) electrons. The summed E-state index contributed by atoms with van der Waals surface area (Å²) in [5.41, 5.74) is 0. The van der Waals surface area contributed by atoms with Crippen molar-refractivity contribution >= 4 is 32.3 Å². The molecule has 0 fully saturated rings. The lowest BCUT2D eigenvalue weighted by Gasteiger charge is -2.09. The van der Waals surface area contributed by atoms with Gasteiger partial charge in [-0.15, -0.1) is 0 Å². The molecule has 0 saturated heterocycles. The van der Waals surface area contributed by atoms with Crippen LogP contribution >= 0.6 is 0 Å². The Morgan fingerprint density at radius 2 is 0.500 bits per heavy atom. The third kappa shape index (κ3) is 1.83. The zero-order chi connectivity index (χ0) is 13.9. The highest BCUT2D eigenvalue weighted by atomic mass is 15.0. The average Bonchev–Trinajstić information content (AvgIpc) is 2.57. The molecule has 0 aliphatic rings.